The van der Waals surface area contributed by atoms with Crippen LogP contribution in [-0.4, -0.2) is 22.5 Å². The van der Waals surface area contributed by atoms with E-state index < -0.39 is 0 Å². The maximum absolute atomic E-state index is 11.3. The summed E-state index contributed by atoms with van der Waals surface area (Å²) in [6.07, 6.45) is 1.96. The van der Waals surface area contributed by atoms with Gasteiger partial charge in [0.2, 0.25) is 0 Å². The van der Waals surface area contributed by atoms with Crippen molar-refractivity contribution in [3.63, 3.8) is 0 Å². The normalized spacial score (nSPS) is 12.6. The molecule has 0 aliphatic carbocycles. The Hall–Kier alpha value is -0.810. The Morgan fingerprint density at radius 2 is 2.24 bits per heavy atom. The zero-order valence-corrected chi connectivity index (χ0v) is 12.4. The summed E-state index contributed by atoms with van der Waals surface area (Å²) in [6, 6.07) is 8.02. The molecule has 1 aromatic carbocycles. The number of methoxy groups -OCH3 is 1. The van der Waals surface area contributed by atoms with Crippen molar-refractivity contribution in [2.45, 2.75) is 11.4 Å². The van der Waals surface area contributed by atoms with E-state index in [0.717, 1.165) is 15.4 Å². The molecule has 17 heavy (non-hydrogen) atoms. The molecule has 5 heteroatoms. The molecule has 2 aromatic rings. The highest BCUT2D eigenvalue weighted by Gasteiger charge is 2.16. The fourth-order valence-corrected chi connectivity index (χ4v) is 2.71. The van der Waals surface area contributed by atoms with Crippen LogP contribution in [0, 0.1) is 0 Å². The maximum Gasteiger partial charge on any atom is 0.321 e. The van der Waals surface area contributed by atoms with Gasteiger partial charge >= 0.3 is 5.97 Å². The molecular weight excluding hydrogens is 350 g/mol. The number of carbonyl (C=O) groups excluding carboxylic acids is 1. The van der Waals surface area contributed by atoms with Crippen LogP contribution in [0.15, 0.2) is 34.9 Å². The number of hydrogen-bond acceptors (Lipinski definition) is 2. The summed E-state index contributed by atoms with van der Waals surface area (Å²) in [5.41, 5.74) is 1.09. The average Bonchev–Trinajstić information content (AvgIpc) is 2.73. The lowest BCUT2D eigenvalue weighted by atomic mass is 10.2. The predicted octanol–water partition coefficient (Wildman–Crippen LogP) is 3.34. The van der Waals surface area contributed by atoms with Crippen LogP contribution in [0.25, 0.3) is 10.9 Å². The number of fused-ring (bicyclic) bond motifs is 1. The lowest BCUT2D eigenvalue weighted by Crippen LogP contribution is -2.21. The Labute approximate surface area is 116 Å². The summed E-state index contributed by atoms with van der Waals surface area (Å²) < 4.78 is 7.77. The highest BCUT2D eigenvalue weighted by Crippen LogP contribution is 2.25. The maximum atomic E-state index is 11.3. The summed E-state index contributed by atoms with van der Waals surface area (Å²) in [6.45, 7) is 0.548. The van der Waals surface area contributed by atoms with Crippen LogP contribution in [0.2, 0.25) is 0 Å². The van der Waals surface area contributed by atoms with Gasteiger partial charge < -0.3 is 9.30 Å². The molecule has 1 heterocycles. The number of ether oxygens (including phenoxy) is 1. The second-order valence-electron chi connectivity index (χ2n) is 3.63. The second-order valence-corrected chi connectivity index (χ2v) is 5.59. The van der Waals surface area contributed by atoms with Crippen molar-refractivity contribution in [1.29, 1.82) is 0 Å². The molecule has 0 amide bonds. The van der Waals surface area contributed by atoms with Gasteiger partial charge in [0.05, 0.1) is 7.11 Å². The smallest absolute Gasteiger partial charge is 0.321 e. The third kappa shape index (κ3) is 2.55. The second kappa shape index (κ2) is 5.23. The number of carbonyl (C=O) groups is 1. The van der Waals surface area contributed by atoms with Crippen molar-refractivity contribution in [2.75, 3.05) is 7.11 Å². The van der Waals surface area contributed by atoms with E-state index in [4.69, 9.17) is 0 Å². The van der Waals surface area contributed by atoms with Crippen molar-refractivity contribution in [2.24, 2.45) is 0 Å². The quantitative estimate of drug-likeness (QED) is 0.621. The Balaban J connectivity index is 2.31. The van der Waals surface area contributed by atoms with Gasteiger partial charge in [0.15, 0.2) is 0 Å². The molecule has 0 N–H and O–H groups in total. The van der Waals surface area contributed by atoms with Gasteiger partial charge in [-0.15, -0.1) is 0 Å². The lowest BCUT2D eigenvalue weighted by molar-refractivity contribution is -0.140. The van der Waals surface area contributed by atoms with Crippen LogP contribution in [0.3, 0.4) is 0 Å². The Bertz CT molecular complexity index is 550. The van der Waals surface area contributed by atoms with Gasteiger partial charge in [-0.2, -0.15) is 0 Å². The summed E-state index contributed by atoms with van der Waals surface area (Å²) in [5, 5.41) is 1.14. The van der Waals surface area contributed by atoms with Crippen LogP contribution in [0.5, 0.6) is 0 Å². The van der Waals surface area contributed by atoms with Crippen LogP contribution < -0.4 is 0 Å². The zero-order valence-electron chi connectivity index (χ0n) is 9.19. The molecule has 0 spiro atoms. The highest BCUT2D eigenvalue weighted by atomic mass is 79.9. The topological polar surface area (TPSA) is 31.2 Å². The SMILES string of the molecule is COC(=O)C(Br)Cn1ccc2c(Br)cccc21. The van der Waals surface area contributed by atoms with E-state index in [1.54, 1.807) is 0 Å². The van der Waals surface area contributed by atoms with E-state index in [9.17, 15) is 4.79 Å². The van der Waals surface area contributed by atoms with Crippen molar-refractivity contribution in [3.05, 3.63) is 34.9 Å². The number of halogens is 2. The number of alkyl halides is 1. The molecule has 3 nitrogen and oxygen atoms in total. The molecule has 2 rings (SSSR count). The van der Waals surface area contributed by atoms with E-state index in [1.165, 1.54) is 7.11 Å². The third-order valence-electron chi connectivity index (χ3n) is 2.57. The molecule has 1 atom stereocenters. The first kappa shape index (κ1) is 12.6. The van der Waals surface area contributed by atoms with Gasteiger partial charge in [0.1, 0.15) is 4.83 Å². The van der Waals surface area contributed by atoms with Crippen molar-refractivity contribution >= 4 is 48.7 Å². The molecule has 90 valence electrons. The molecule has 1 aromatic heterocycles. The Morgan fingerprint density at radius 1 is 1.47 bits per heavy atom. The molecule has 0 aliphatic heterocycles. The zero-order chi connectivity index (χ0) is 12.4. The van der Waals surface area contributed by atoms with Gasteiger partial charge in [0.25, 0.3) is 0 Å². The molecule has 0 aliphatic rings. The summed E-state index contributed by atoms with van der Waals surface area (Å²) in [4.78, 5) is 11.0. The molecular formula is C12H11Br2NO2. The van der Waals surface area contributed by atoms with Crippen molar-refractivity contribution in [1.82, 2.24) is 4.57 Å². The first-order valence-corrected chi connectivity index (χ1v) is 6.79. The monoisotopic (exact) mass is 359 g/mol. The largest absolute Gasteiger partial charge is 0.468 e. The van der Waals surface area contributed by atoms with Crippen LogP contribution >= 0.6 is 31.9 Å². The van der Waals surface area contributed by atoms with Gasteiger partial charge in [0, 0.05) is 28.1 Å². The third-order valence-corrected chi connectivity index (χ3v) is 3.93. The molecule has 1 unspecified atom stereocenters. The summed E-state index contributed by atoms with van der Waals surface area (Å²) >= 11 is 6.82. The standard InChI is InChI=1S/C12H11Br2NO2/c1-17-12(16)10(14)7-15-6-5-8-9(13)3-2-4-11(8)15/h2-6,10H,7H2,1H3. The van der Waals surface area contributed by atoms with E-state index >= 15 is 0 Å². The lowest BCUT2D eigenvalue weighted by Gasteiger charge is -2.10. The Kier molecular flexibility index (Phi) is 3.89. The first-order chi connectivity index (χ1) is 8.13. The summed E-state index contributed by atoms with van der Waals surface area (Å²) in [7, 11) is 1.39. The molecule has 0 bridgehead atoms. The first-order valence-electron chi connectivity index (χ1n) is 5.08. The van der Waals surface area contributed by atoms with E-state index in [0.29, 0.717) is 6.54 Å². The fraction of sp³-hybridized carbons (Fsp3) is 0.250. The van der Waals surface area contributed by atoms with Gasteiger partial charge in [-0.05, 0) is 18.2 Å². The number of esters is 1. The fourth-order valence-electron chi connectivity index (χ4n) is 1.72. The number of hydrogen-bond donors (Lipinski definition) is 0. The van der Waals surface area contributed by atoms with Crippen LogP contribution in [0.1, 0.15) is 0 Å². The number of benzene rings is 1. The minimum Gasteiger partial charge on any atom is -0.468 e. The minimum absolute atomic E-state index is 0.262. The highest BCUT2D eigenvalue weighted by molar-refractivity contribution is 9.10. The van der Waals surface area contributed by atoms with Crippen LogP contribution in [0.4, 0.5) is 0 Å². The number of aromatic nitrogens is 1. The molecule has 0 saturated carbocycles. The Morgan fingerprint density at radius 3 is 2.94 bits per heavy atom. The predicted molar refractivity (Wildman–Crippen MR) is 74.4 cm³/mol. The molecule has 0 saturated heterocycles. The van der Waals surface area contributed by atoms with Crippen molar-refractivity contribution in [3.8, 4) is 0 Å². The number of rotatable bonds is 3. The average molecular weight is 361 g/mol. The van der Waals surface area contributed by atoms with Gasteiger partial charge in [-0.3, -0.25) is 4.79 Å². The van der Waals surface area contributed by atoms with E-state index in [-0.39, 0.29) is 10.8 Å². The van der Waals surface area contributed by atoms with E-state index in [1.807, 2.05) is 35.0 Å². The molecule has 0 radical (unpaired) electrons. The summed E-state index contributed by atoms with van der Waals surface area (Å²) in [5.74, 6) is -0.262. The van der Waals surface area contributed by atoms with E-state index in [2.05, 4.69) is 36.6 Å². The van der Waals surface area contributed by atoms with Crippen LogP contribution in [-0.2, 0) is 16.1 Å². The van der Waals surface area contributed by atoms with Gasteiger partial charge in [-0.25, -0.2) is 0 Å². The van der Waals surface area contributed by atoms with Gasteiger partial charge in [-0.1, -0.05) is 37.9 Å². The molecule has 0 fully saturated rings. The number of nitrogens with zero attached hydrogens (tertiary/aromatic N) is 1. The van der Waals surface area contributed by atoms with Crippen molar-refractivity contribution < 1.29 is 9.53 Å². The minimum atomic E-state index is -0.331.